The summed E-state index contributed by atoms with van der Waals surface area (Å²) in [6.45, 7) is 2.60. The van der Waals surface area contributed by atoms with Gasteiger partial charge < -0.3 is 20.3 Å². The molecular weight excluding hydrogens is 245 g/mol. The fourth-order valence-electron chi connectivity index (χ4n) is 1.82. The first-order valence-electron chi connectivity index (χ1n) is 6.36. The van der Waals surface area contributed by atoms with Crippen LogP contribution in [-0.4, -0.2) is 57.7 Å². The minimum atomic E-state index is -0.369. The third-order valence-electron chi connectivity index (χ3n) is 3.04. The van der Waals surface area contributed by atoms with E-state index in [0.717, 1.165) is 18.7 Å². The Morgan fingerprint density at radius 3 is 2.47 bits per heavy atom. The predicted octanol–water partition coefficient (Wildman–Crippen LogP) is 1.33. The van der Waals surface area contributed by atoms with Crippen molar-refractivity contribution in [2.45, 2.75) is 6.04 Å². The summed E-state index contributed by atoms with van der Waals surface area (Å²) in [5, 5.41) is 0. The summed E-state index contributed by atoms with van der Waals surface area (Å²) in [4.78, 5) is 4.27. The third kappa shape index (κ3) is 5.14. The van der Waals surface area contributed by atoms with E-state index in [1.54, 1.807) is 6.07 Å². The molecule has 1 aromatic carbocycles. The molecule has 1 rings (SSSR count). The number of likely N-dealkylation sites (N-methyl/N-ethyl adjacent to an activating group) is 2. The van der Waals surface area contributed by atoms with E-state index in [-0.39, 0.29) is 17.6 Å². The van der Waals surface area contributed by atoms with Crippen molar-refractivity contribution in [2.24, 2.45) is 5.73 Å². The van der Waals surface area contributed by atoms with Gasteiger partial charge in [-0.25, -0.2) is 4.39 Å². The Balaban J connectivity index is 2.57. The van der Waals surface area contributed by atoms with Crippen molar-refractivity contribution >= 4 is 0 Å². The summed E-state index contributed by atoms with van der Waals surface area (Å²) < 4.78 is 18.5. The van der Waals surface area contributed by atoms with Crippen molar-refractivity contribution in [1.29, 1.82) is 0 Å². The van der Waals surface area contributed by atoms with Crippen LogP contribution in [0.15, 0.2) is 18.2 Å². The fraction of sp³-hybridized carbons (Fsp3) is 0.571. The lowest BCUT2D eigenvalue weighted by molar-refractivity contribution is 0.269. The Labute approximate surface area is 114 Å². The molecule has 0 saturated heterocycles. The van der Waals surface area contributed by atoms with Gasteiger partial charge in [-0.2, -0.15) is 0 Å². The second kappa shape index (κ2) is 7.43. The van der Waals surface area contributed by atoms with Gasteiger partial charge in [0, 0.05) is 25.7 Å². The Kier molecular flexibility index (Phi) is 6.21. The van der Waals surface area contributed by atoms with Gasteiger partial charge in [0.05, 0.1) is 7.11 Å². The second-order valence-electron chi connectivity index (χ2n) is 5.07. The summed E-state index contributed by atoms with van der Waals surface area (Å²) in [7, 11) is 7.54. The first-order chi connectivity index (χ1) is 8.93. The van der Waals surface area contributed by atoms with Gasteiger partial charge in [0.15, 0.2) is 11.6 Å². The van der Waals surface area contributed by atoms with E-state index < -0.39 is 0 Å². The molecule has 2 N–H and O–H groups in total. The van der Waals surface area contributed by atoms with Crippen LogP contribution in [0.2, 0.25) is 0 Å². The fourth-order valence-corrected chi connectivity index (χ4v) is 1.82. The molecule has 0 amide bonds. The van der Waals surface area contributed by atoms with E-state index in [2.05, 4.69) is 9.80 Å². The van der Waals surface area contributed by atoms with Gasteiger partial charge in [-0.3, -0.25) is 0 Å². The highest BCUT2D eigenvalue weighted by Crippen LogP contribution is 2.21. The lowest BCUT2D eigenvalue weighted by Gasteiger charge is -2.23. The van der Waals surface area contributed by atoms with Gasteiger partial charge >= 0.3 is 0 Å². The number of ether oxygens (including phenoxy) is 1. The number of benzene rings is 1. The summed E-state index contributed by atoms with van der Waals surface area (Å²) in [5.41, 5.74) is 6.89. The van der Waals surface area contributed by atoms with Gasteiger partial charge in [-0.15, -0.1) is 0 Å². The van der Waals surface area contributed by atoms with Crippen LogP contribution in [0.3, 0.4) is 0 Å². The molecule has 1 aromatic rings. The molecule has 4 nitrogen and oxygen atoms in total. The number of hydrogen-bond acceptors (Lipinski definition) is 4. The van der Waals surface area contributed by atoms with Gasteiger partial charge in [-0.05, 0) is 38.8 Å². The molecule has 0 aromatic heterocycles. The molecule has 0 aliphatic carbocycles. The monoisotopic (exact) mass is 269 g/mol. The number of hydrogen-bond donors (Lipinski definition) is 1. The van der Waals surface area contributed by atoms with Crippen LogP contribution in [0, 0.1) is 5.82 Å². The second-order valence-corrected chi connectivity index (χ2v) is 5.07. The van der Waals surface area contributed by atoms with Gasteiger partial charge in [0.2, 0.25) is 0 Å². The predicted molar refractivity (Wildman–Crippen MR) is 75.9 cm³/mol. The molecule has 1 unspecified atom stereocenters. The van der Waals surface area contributed by atoms with Gasteiger partial charge in [0.25, 0.3) is 0 Å². The molecule has 0 aliphatic heterocycles. The summed E-state index contributed by atoms with van der Waals surface area (Å²) in [6, 6.07) is 4.67. The summed E-state index contributed by atoms with van der Waals surface area (Å²) in [6.07, 6.45) is 0. The molecular formula is C14H24FN3O. The number of nitrogens with two attached hydrogens (primary N) is 1. The first-order valence-corrected chi connectivity index (χ1v) is 6.36. The van der Waals surface area contributed by atoms with Crippen LogP contribution >= 0.6 is 0 Å². The average molecular weight is 269 g/mol. The van der Waals surface area contributed by atoms with Crippen molar-refractivity contribution in [3.8, 4) is 5.75 Å². The van der Waals surface area contributed by atoms with Crippen molar-refractivity contribution in [3.63, 3.8) is 0 Å². The highest BCUT2D eigenvalue weighted by atomic mass is 19.1. The largest absolute Gasteiger partial charge is 0.494 e. The van der Waals surface area contributed by atoms with Crippen LogP contribution in [0.1, 0.15) is 11.6 Å². The normalized spacial score (nSPS) is 13.1. The zero-order valence-corrected chi connectivity index (χ0v) is 12.2. The van der Waals surface area contributed by atoms with Crippen LogP contribution in [0.4, 0.5) is 4.39 Å². The minimum absolute atomic E-state index is 0.201. The third-order valence-corrected chi connectivity index (χ3v) is 3.04. The van der Waals surface area contributed by atoms with Crippen LogP contribution < -0.4 is 10.5 Å². The van der Waals surface area contributed by atoms with E-state index in [0.29, 0.717) is 6.54 Å². The van der Waals surface area contributed by atoms with Crippen molar-refractivity contribution in [3.05, 3.63) is 29.6 Å². The quantitative estimate of drug-likeness (QED) is 0.811. The summed E-state index contributed by atoms with van der Waals surface area (Å²) in [5.74, 6) is -0.122. The lowest BCUT2D eigenvalue weighted by atomic mass is 10.1. The van der Waals surface area contributed by atoms with Crippen LogP contribution in [0.25, 0.3) is 0 Å². The molecule has 5 heteroatoms. The maximum Gasteiger partial charge on any atom is 0.165 e. The Bertz CT molecular complexity index is 398. The van der Waals surface area contributed by atoms with E-state index in [1.165, 1.54) is 13.2 Å². The van der Waals surface area contributed by atoms with E-state index in [9.17, 15) is 4.39 Å². The first kappa shape index (κ1) is 15.9. The van der Waals surface area contributed by atoms with E-state index in [1.807, 2.05) is 27.2 Å². The maximum absolute atomic E-state index is 13.6. The number of halogens is 1. The molecule has 108 valence electrons. The topological polar surface area (TPSA) is 41.7 Å². The molecule has 0 radical (unpaired) electrons. The molecule has 0 saturated carbocycles. The molecule has 19 heavy (non-hydrogen) atoms. The average Bonchev–Trinajstić information content (AvgIpc) is 2.36. The van der Waals surface area contributed by atoms with Crippen molar-refractivity contribution in [1.82, 2.24) is 9.80 Å². The summed E-state index contributed by atoms with van der Waals surface area (Å²) >= 11 is 0. The van der Waals surface area contributed by atoms with Crippen molar-refractivity contribution < 1.29 is 9.13 Å². The highest BCUT2D eigenvalue weighted by Gasteiger charge is 2.12. The number of methoxy groups -OCH3 is 1. The van der Waals surface area contributed by atoms with Crippen LogP contribution in [0.5, 0.6) is 5.75 Å². The maximum atomic E-state index is 13.6. The SMILES string of the molecule is COc1ccc(C(N)CN(C)CCN(C)C)cc1F. The highest BCUT2D eigenvalue weighted by molar-refractivity contribution is 5.31. The van der Waals surface area contributed by atoms with E-state index in [4.69, 9.17) is 10.5 Å². The van der Waals surface area contributed by atoms with Gasteiger partial charge in [-0.1, -0.05) is 6.07 Å². The van der Waals surface area contributed by atoms with Crippen LogP contribution in [-0.2, 0) is 0 Å². The smallest absolute Gasteiger partial charge is 0.165 e. The zero-order valence-electron chi connectivity index (χ0n) is 12.2. The Hall–Kier alpha value is -1.17. The molecule has 0 heterocycles. The molecule has 0 fully saturated rings. The standard InChI is InChI=1S/C14H24FN3O/c1-17(2)7-8-18(3)10-13(16)11-5-6-14(19-4)12(15)9-11/h5-6,9,13H,7-8,10,16H2,1-4H3. The number of nitrogens with zero attached hydrogens (tertiary/aromatic N) is 2. The Morgan fingerprint density at radius 2 is 1.95 bits per heavy atom. The molecule has 0 spiro atoms. The molecule has 0 bridgehead atoms. The number of rotatable bonds is 7. The van der Waals surface area contributed by atoms with Gasteiger partial charge in [0.1, 0.15) is 0 Å². The van der Waals surface area contributed by atoms with Crippen molar-refractivity contribution in [2.75, 3.05) is 47.9 Å². The van der Waals surface area contributed by atoms with E-state index >= 15 is 0 Å². The lowest BCUT2D eigenvalue weighted by Crippen LogP contribution is -2.34. The minimum Gasteiger partial charge on any atom is -0.494 e. The molecule has 0 aliphatic rings. The Morgan fingerprint density at radius 1 is 1.26 bits per heavy atom. The zero-order chi connectivity index (χ0) is 14.4. The molecule has 1 atom stereocenters.